The van der Waals surface area contributed by atoms with E-state index in [2.05, 4.69) is 166 Å². The number of para-hydroxylation sites is 2. The Morgan fingerprint density at radius 3 is 1.92 bits per heavy atom. The van der Waals surface area contributed by atoms with Gasteiger partial charge in [-0.3, -0.25) is 0 Å². The lowest BCUT2D eigenvalue weighted by molar-refractivity contribution is -0.0128. The Bertz CT molecular complexity index is 2040. The number of methoxy groups -OCH3 is 1. The van der Waals surface area contributed by atoms with E-state index in [4.69, 9.17) is 27.9 Å². The Morgan fingerprint density at radius 1 is 0.725 bits per heavy atom. The van der Waals surface area contributed by atoms with Crippen molar-refractivity contribution in [2.75, 3.05) is 35.9 Å². The molecule has 0 spiro atoms. The van der Waals surface area contributed by atoms with Crippen molar-refractivity contribution in [1.82, 2.24) is 0 Å². The molecular weight excluding hydrogens is 669 g/mol. The molecule has 0 amide bonds. The quantitative estimate of drug-likeness (QED) is 0.190. The third kappa shape index (κ3) is 5.82. The van der Waals surface area contributed by atoms with Gasteiger partial charge in [-0.2, -0.15) is 0 Å². The second kappa shape index (κ2) is 13.4. The summed E-state index contributed by atoms with van der Waals surface area (Å²) < 4.78 is 6.54. The number of hydrogen-bond donors (Lipinski definition) is 0. The lowest BCUT2D eigenvalue weighted by Gasteiger charge is -2.43. The van der Waals surface area contributed by atoms with Gasteiger partial charge in [-0.1, -0.05) is 99.4 Å². The van der Waals surface area contributed by atoms with Gasteiger partial charge in [0, 0.05) is 70.5 Å². The summed E-state index contributed by atoms with van der Waals surface area (Å²) in [5.74, 6) is 0. The Hall–Kier alpha value is -4.22. The highest BCUT2D eigenvalue weighted by Crippen LogP contribution is 2.53. The van der Waals surface area contributed by atoms with Gasteiger partial charge in [0.25, 0.3) is 0 Å². The van der Waals surface area contributed by atoms with Crippen LogP contribution in [0, 0.1) is 0 Å². The first-order valence-electron chi connectivity index (χ1n) is 17.8. The molecule has 0 saturated carbocycles. The molecule has 4 aromatic carbocycles. The summed E-state index contributed by atoms with van der Waals surface area (Å²) in [5.41, 5.74) is 10.7. The van der Waals surface area contributed by atoms with Crippen LogP contribution in [-0.4, -0.2) is 26.9 Å². The standard InChI is InChI=1S/C45H47Cl2N3O/c1-43(2)37-29-33(46)22-24-39(37)48(5)41(43)26-21-31-15-14-16-32(42(31)50(35-17-10-8-11-18-35)36-19-12-9-13-20-36)27-28-45(51-7)44(3,4)38-30-34(47)23-25-40(38)49(45)6/h8-13,17-30H,14-16H2,1-7H3/b28-27+,31-21+,41-26-. The molecule has 4 aromatic rings. The Balaban J connectivity index is 1.42. The van der Waals surface area contributed by atoms with Crippen molar-refractivity contribution in [3.8, 4) is 0 Å². The van der Waals surface area contributed by atoms with Crippen LogP contribution < -0.4 is 14.7 Å². The second-order valence-corrected chi connectivity index (χ2v) is 15.8. The molecule has 4 nitrogen and oxygen atoms in total. The summed E-state index contributed by atoms with van der Waals surface area (Å²) in [5, 5.41) is 1.50. The monoisotopic (exact) mass is 715 g/mol. The van der Waals surface area contributed by atoms with Crippen LogP contribution in [0.25, 0.3) is 0 Å². The molecule has 6 heteroatoms. The van der Waals surface area contributed by atoms with Crippen molar-refractivity contribution >= 4 is 46.0 Å². The molecule has 0 aromatic heterocycles. The normalized spacial score (nSPS) is 22.3. The van der Waals surface area contributed by atoms with E-state index in [9.17, 15) is 0 Å². The van der Waals surface area contributed by atoms with Crippen LogP contribution in [0.15, 0.2) is 144 Å². The molecule has 262 valence electrons. The molecule has 0 bridgehead atoms. The Kier molecular flexibility index (Phi) is 9.24. The highest BCUT2D eigenvalue weighted by Gasteiger charge is 2.55. The van der Waals surface area contributed by atoms with Crippen molar-refractivity contribution < 1.29 is 4.74 Å². The number of anilines is 4. The lowest BCUT2D eigenvalue weighted by Crippen LogP contribution is -2.54. The number of fused-ring (bicyclic) bond motifs is 2. The van der Waals surface area contributed by atoms with Gasteiger partial charge in [-0.05, 0) is 114 Å². The molecule has 3 aliphatic rings. The first kappa shape index (κ1) is 35.2. The largest absolute Gasteiger partial charge is 0.354 e. The molecule has 1 atom stereocenters. The van der Waals surface area contributed by atoms with Gasteiger partial charge in [0.2, 0.25) is 0 Å². The predicted octanol–water partition coefficient (Wildman–Crippen LogP) is 12.1. The minimum absolute atomic E-state index is 0.201. The second-order valence-electron chi connectivity index (χ2n) is 14.9. The third-order valence-corrected chi connectivity index (χ3v) is 11.9. The van der Waals surface area contributed by atoms with E-state index < -0.39 is 5.72 Å². The van der Waals surface area contributed by atoms with Crippen molar-refractivity contribution in [3.63, 3.8) is 0 Å². The van der Waals surface area contributed by atoms with Crippen molar-refractivity contribution in [1.29, 1.82) is 0 Å². The molecule has 2 heterocycles. The molecule has 1 unspecified atom stereocenters. The molecular formula is C45H47Cl2N3O. The molecule has 0 N–H and O–H groups in total. The zero-order chi connectivity index (χ0) is 36.1. The molecule has 1 aliphatic carbocycles. The van der Waals surface area contributed by atoms with Crippen LogP contribution in [0.5, 0.6) is 0 Å². The van der Waals surface area contributed by atoms with Crippen LogP contribution in [0.1, 0.15) is 58.1 Å². The number of benzene rings is 4. The zero-order valence-electron chi connectivity index (χ0n) is 30.7. The number of likely N-dealkylation sites (N-methyl/N-ethyl adjacent to an activating group) is 2. The van der Waals surface area contributed by atoms with E-state index in [1.807, 2.05) is 19.2 Å². The van der Waals surface area contributed by atoms with E-state index in [0.29, 0.717) is 0 Å². The maximum atomic E-state index is 6.55. The van der Waals surface area contributed by atoms with Gasteiger partial charge in [0.15, 0.2) is 5.72 Å². The Morgan fingerprint density at radius 2 is 1.31 bits per heavy atom. The van der Waals surface area contributed by atoms with Crippen LogP contribution in [0.3, 0.4) is 0 Å². The number of halogens is 2. The number of hydrogen-bond acceptors (Lipinski definition) is 4. The highest BCUT2D eigenvalue weighted by molar-refractivity contribution is 6.31. The number of nitrogens with zero attached hydrogens (tertiary/aromatic N) is 3. The van der Waals surface area contributed by atoms with Crippen LogP contribution in [0.4, 0.5) is 22.7 Å². The van der Waals surface area contributed by atoms with Crippen LogP contribution >= 0.6 is 23.2 Å². The maximum absolute atomic E-state index is 6.55. The van der Waals surface area contributed by atoms with E-state index >= 15 is 0 Å². The van der Waals surface area contributed by atoms with Crippen molar-refractivity contribution in [2.45, 2.75) is 63.5 Å². The average Bonchev–Trinajstić information content (AvgIpc) is 3.41. The van der Waals surface area contributed by atoms with Gasteiger partial charge in [-0.25, -0.2) is 0 Å². The van der Waals surface area contributed by atoms with Crippen LogP contribution in [-0.2, 0) is 15.6 Å². The summed E-state index contributed by atoms with van der Waals surface area (Å²) in [6, 6.07) is 33.8. The van der Waals surface area contributed by atoms with E-state index in [-0.39, 0.29) is 10.8 Å². The first-order chi connectivity index (χ1) is 24.4. The van der Waals surface area contributed by atoms with Crippen LogP contribution in [0.2, 0.25) is 10.0 Å². The topological polar surface area (TPSA) is 19.0 Å². The minimum atomic E-state index is -0.727. The first-order valence-corrected chi connectivity index (χ1v) is 18.5. The average molecular weight is 717 g/mol. The molecule has 2 aliphatic heterocycles. The molecule has 0 saturated heterocycles. The summed E-state index contributed by atoms with van der Waals surface area (Å²) in [6.07, 6.45) is 12.2. The molecule has 51 heavy (non-hydrogen) atoms. The summed E-state index contributed by atoms with van der Waals surface area (Å²) in [7, 11) is 6.09. The van der Waals surface area contributed by atoms with Crippen molar-refractivity contribution in [2.24, 2.45) is 0 Å². The van der Waals surface area contributed by atoms with Gasteiger partial charge in [0.1, 0.15) is 0 Å². The summed E-state index contributed by atoms with van der Waals surface area (Å²) in [6.45, 7) is 9.07. The number of rotatable bonds is 7. The van der Waals surface area contributed by atoms with Gasteiger partial charge < -0.3 is 19.4 Å². The smallest absolute Gasteiger partial charge is 0.169 e. The van der Waals surface area contributed by atoms with Gasteiger partial charge in [0.05, 0.1) is 5.70 Å². The highest BCUT2D eigenvalue weighted by atomic mass is 35.5. The summed E-state index contributed by atoms with van der Waals surface area (Å²) >= 11 is 13.0. The third-order valence-electron chi connectivity index (χ3n) is 11.4. The lowest BCUT2D eigenvalue weighted by atomic mass is 9.76. The fourth-order valence-corrected chi connectivity index (χ4v) is 9.00. The zero-order valence-corrected chi connectivity index (χ0v) is 32.2. The van der Waals surface area contributed by atoms with E-state index in [0.717, 1.165) is 46.4 Å². The fraction of sp³-hybridized carbons (Fsp3) is 0.289. The maximum Gasteiger partial charge on any atom is 0.169 e. The van der Waals surface area contributed by atoms with Gasteiger partial charge in [-0.15, -0.1) is 0 Å². The number of ether oxygens (including phenoxy) is 1. The SMILES string of the molecule is COC1(/C=C/C2=C(N(c3ccccc3)c3ccccc3)C(=C/C=C3\N(C)c4ccc(Cl)cc4C3(C)C)/CCC2)N(C)c2ccc(Cl)cc2C1(C)C. The fourth-order valence-electron chi connectivity index (χ4n) is 8.66. The number of allylic oxidation sites excluding steroid dienone is 6. The molecule has 7 rings (SSSR count). The Labute approximate surface area is 313 Å². The minimum Gasteiger partial charge on any atom is -0.354 e. The van der Waals surface area contributed by atoms with Gasteiger partial charge >= 0.3 is 0 Å². The molecule has 0 radical (unpaired) electrons. The summed E-state index contributed by atoms with van der Waals surface area (Å²) in [4.78, 5) is 7.00. The van der Waals surface area contributed by atoms with E-state index in [1.54, 1.807) is 0 Å². The van der Waals surface area contributed by atoms with E-state index in [1.165, 1.54) is 39.4 Å². The molecule has 0 fully saturated rings. The van der Waals surface area contributed by atoms with Crippen molar-refractivity contribution in [3.05, 3.63) is 165 Å². The predicted molar refractivity (Wildman–Crippen MR) is 217 cm³/mol.